The molecule has 0 saturated heterocycles. The number of allylic oxidation sites excluding steroid dienone is 8. The maximum absolute atomic E-state index is 14.8. The summed E-state index contributed by atoms with van der Waals surface area (Å²) in [6.45, 7) is 24.9. The van der Waals surface area contributed by atoms with Crippen molar-refractivity contribution in [2.45, 2.75) is 130 Å². The van der Waals surface area contributed by atoms with Gasteiger partial charge in [-0.05, 0) is 219 Å². The van der Waals surface area contributed by atoms with Gasteiger partial charge in [0.25, 0.3) is 0 Å². The van der Waals surface area contributed by atoms with E-state index in [1.54, 1.807) is 0 Å². The highest BCUT2D eigenvalue weighted by Gasteiger charge is 2.60. The van der Waals surface area contributed by atoms with Crippen LogP contribution in [0, 0.1) is 27.7 Å². The number of esters is 4. The summed E-state index contributed by atoms with van der Waals surface area (Å²) in [7, 11) is 5.57. The number of H-pyrrole nitrogens is 4. The van der Waals surface area contributed by atoms with Gasteiger partial charge < -0.3 is 44.0 Å². The van der Waals surface area contributed by atoms with Crippen LogP contribution >= 0.6 is 0 Å². The highest BCUT2D eigenvalue weighted by molar-refractivity contribution is 6.00. The number of aromatic nitrogens is 8. The lowest BCUT2D eigenvalue weighted by Gasteiger charge is -2.49. The smallest absolute Gasteiger partial charge is 0.305 e. The second kappa shape index (κ2) is 26.9. The zero-order valence-electron chi connectivity index (χ0n) is 60.4. The van der Waals surface area contributed by atoms with Gasteiger partial charge in [0, 0.05) is 98.4 Å². The van der Waals surface area contributed by atoms with Crippen LogP contribution in [-0.2, 0) is 62.0 Å². The molecule has 1 spiro atoms. The van der Waals surface area contributed by atoms with E-state index in [9.17, 15) is 24.3 Å². The van der Waals surface area contributed by atoms with Gasteiger partial charge >= 0.3 is 23.9 Å². The molecule has 522 valence electrons. The lowest BCUT2D eigenvalue weighted by molar-refractivity contribution is -0.141. The van der Waals surface area contributed by atoms with Crippen molar-refractivity contribution in [3.63, 3.8) is 0 Å². The molecule has 0 saturated carbocycles. The molecule has 0 fully saturated rings. The van der Waals surface area contributed by atoms with Crippen LogP contribution in [-0.4, -0.2) is 97.3 Å². The lowest BCUT2D eigenvalue weighted by Crippen LogP contribution is -2.48. The molecule has 0 amide bonds. The molecule has 5 N–H and O–H groups in total. The number of ether oxygens (including phenoxy) is 4. The highest BCUT2D eigenvalue weighted by Crippen LogP contribution is 2.64. The molecule has 17 heteroatoms. The quantitative estimate of drug-likeness (QED) is 0.0365. The molecule has 0 radical (unpaired) electrons. The third-order valence-electron chi connectivity index (χ3n) is 22.4. The van der Waals surface area contributed by atoms with Crippen LogP contribution in [0.1, 0.15) is 179 Å². The Hall–Kier alpha value is -11.3. The third kappa shape index (κ3) is 11.6. The maximum atomic E-state index is 14.8. The fraction of sp³-hybridized carbons (Fsp3) is 0.279. The number of hydrogen-bond acceptors (Lipinski definition) is 13. The van der Waals surface area contributed by atoms with Crippen molar-refractivity contribution in [1.82, 2.24) is 39.9 Å². The average molecular weight is 1370 g/mol. The number of hydrogen-bond donors (Lipinski definition) is 5. The summed E-state index contributed by atoms with van der Waals surface area (Å²) in [4.78, 5) is 89.3. The monoisotopic (exact) mass is 1370 g/mol. The van der Waals surface area contributed by atoms with Gasteiger partial charge in [-0.15, -0.1) is 0 Å². The van der Waals surface area contributed by atoms with Gasteiger partial charge in [0.1, 0.15) is 5.60 Å². The van der Waals surface area contributed by atoms with Crippen molar-refractivity contribution in [2.24, 2.45) is 0 Å². The van der Waals surface area contributed by atoms with Crippen LogP contribution in [0.15, 0.2) is 134 Å². The Kier molecular flexibility index (Phi) is 18.0. The number of nitrogens with zero attached hydrogens (tertiary/aromatic N) is 4. The third-order valence-corrected chi connectivity index (χ3v) is 22.4. The minimum Gasteiger partial charge on any atom is -0.469 e. The van der Waals surface area contributed by atoms with Crippen LogP contribution in [0.2, 0.25) is 0 Å². The van der Waals surface area contributed by atoms with E-state index >= 15 is 0 Å². The minimum atomic E-state index is -1.83. The van der Waals surface area contributed by atoms with Gasteiger partial charge in [-0.3, -0.25) is 24.2 Å². The molecule has 2 aromatic carbocycles. The van der Waals surface area contributed by atoms with E-state index in [1.165, 1.54) is 28.4 Å². The van der Waals surface area contributed by atoms with Crippen molar-refractivity contribution in [3.8, 4) is 11.1 Å². The van der Waals surface area contributed by atoms with E-state index in [4.69, 9.17) is 38.9 Å². The zero-order chi connectivity index (χ0) is 72.7. The number of methoxy groups -OCH3 is 4. The summed E-state index contributed by atoms with van der Waals surface area (Å²) >= 11 is 0. The summed E-state index contributed by atoms with van der Waals surface area (Å²) in [6, 6.07) is 33.4. The Balaban J connectivity index is 1.11. The van der Waals surface area contributed by atoms with Crippen molar-refractivity contribution >= 4 is 114 Å². The molecule has 2 aliphatic carbocycles. The predicted octanol–water partition coefficient (Wildman–Crippen LogP) is 17.3. The van der Waals surface area contributed by atoms with Gasteiger partial charge in [-0.1, -0.05) is 92.1 Å². The summed E-state index contributed by atoms with van der Waals surface area (Å²) in [5.41, 5.74) is 25.2. The van der Waals surface area contributed by atoms with E-state index in [0.717, 1.165) is 139 Å². The predicted molar refractivity (Wildman–Crippen MR) is 408 cm³/mol. The van der Waals surface area contributed by atoms with E-state index < -0.39 is 16.9 Å². The lowest BCUT2D eigenvalue weighted by atomic mass is 9.53. The molecule has 6 aromatic heterocycles. The Morgan fingerprint density at radius 3 is 1.39 bits per heavy atom. The molecule has 4 aliphatic heterocycles. The summed E-state index contributed by atoms with van der Waals surface area (Å²) in [5, 5.41) is 14.8. The van der Waals surface area contributed by atoms with Crippen LogP contribution in [0.4, 0.5) is 0 Å². The van der Waals surface area contributed by atoms with Crippen LogP contribution < -0.4 is 0 Å². The number of carbonyl (C=O) groups is 4. The summed E-state index contributed by atoms with van der Waals surface area (Å²) < 4.78 is 20.8. The number of carbonyl (C=O) groups excluding carboxylic acids is 4. The molecule has 14 rings (SSSR count). The number of aromatic amines is 4. The molecule has 6 aliphatic rings. The van der Waals surface area contributed by atoms with Crippen molar-refractivity contribution in [3.05, 3.63) is 235 Å². The molecule has 103 heavy (non-hydrogen) atoms. The van der Waals surface area contributed by atoms with E-state index in [0.29, 0.717) is 82.1 Å². The topological polar surface area (TPSA) is 240 Å². The van der Waals surface area contributed by atoms with Gasteiger partial charge in [0.15, 0.2) is 0 Å². The second-order valence-electron chi connectivity index (χ2n) is 27.8. The molecule has 10 heterocycles. The Morgan fingerprint density at radius 1 is 0.476 bits per heavy atom. The fourth-order valence-electron chi connectivity index (χ4n) is 16.5. The van der Waals surface area contributed by atoms with Crippen LogP contribution in [0.5, 0.6) is 0 Å². The van der Waals surface area contributed by atoms with E-state index in [1.807, 2.05) is 84.0 Å². The van der Waals surface area contributed by atoms with E-state index in [-0.39, 0.29) is 55.5 Å². The van der Waals surface area contributed by atoms with Crippen LogP contribution in [0.25, 0.3) is 101 Å². The number of rotatable bonds is 15. The standard InChI is InChI=1S/C86H84N8O9/c1-15-51-44(3)64-36-66-46(5)53(25-29-80(95)100-11)72(88-66)40-74-55(27-31-82(97)102-13)48(7)68(90-74)39-76-62(50(9)69(91-76)38-71(51)87-64)35-63-84-60-24-20-19-22-58(60)57-21-17-18-23-59(57)61(84)33-34-86(63)79-42-70-49(8)56(28-32-83(98)103-14)75(93-70)41-73-54(26-30-81(96)101-12)47(6)67(89-73)37-65-45(4)52(16-2)77(92-65)43-78(94-79)85(86,10)99/h15-24,33-43,61,84,87,90,92-93,99H,1-2,25-32H2,3-14H3/b63-35+,64-36?,65-37?,66-36?,67-37?,68-39?,69-38?,70-42?,71-38?,72-40?,73-41?,74-40?,75-41?,76-39?,77-43?,78-43?,79-42?/t61-,84-,85-,86?/m1/s1. The van der Waals surface area contributed by atoms with Crippen molar-refractivity contribution < 1.29 is 43.2 Å². The maximum Gasteiger partial charge on any atom is 0.305 e. The van der Waals surface area contributed by atoms with Gasteiger partial charge in [-0.25, -0.2) is 15.0 Å². The molecule has 1 unspecified atom stereocenters. The first-order valence-electron chi connectivity index (χ1n) is 35.0. The number of aliphatic hydroxyl groups is 1. The van der Waals surface area contributed by atoms with Gasteiger partial charge in [0.05, 0.1) is 79.4 Å². The van der Waals surface area contributed by atoms with Crippen molar-refractivity contribution in [1.29, 1.82) is 0 Å². The summed E-state index contributed by atoms with van der Waals surface area (Å²) in [5.74, 6) is -2.06. The number of nitrogens with one attached hydrogen (secondary N) is 4. The Bertz CT molecular complexity index is 5560. The first kappa shape index (κ1) is 68.8. The highest BCUT2D eigenvalue weighted by atomic mass is 16.5. The molecule has 4 atom stereocenters. The normalized spacial score (nSPS) is 18.4. The van der Waals surface area contributed by atoms with Gasteiger partial charge in [-0.2, -0.15) is 0 Å². The molecule has 17 nitrogen and oxygen atoms in total. The largest absolute Gasteiger partial charge is 0.469 e. The minimum absolute atomic E-state index is 0.0918. The Morgan fingerprint density at radius 2 is 0.874 bits per heavy atom. The first-order chi connectivity index (χ1) is 49.5. The molecule has 16 bridgehead atoms. The zero-order valence-corrected chi connectivity index (χ0v) is 60.4. The first-order valence-corrected chi connectivity index (χ1v) is 35.0. The average Bonchev–Trinajstić information content (AvgIpc) is 1.61. The second-order valence-corrected chi connectivity index (χ2v) is 27.8. The van der Waals surface area contributed by atoms with Gasteiger partial charge in [0.2, 0.25) is 0 Å². The number of fused-ring (bicyclic) bond motifs is 23. The van der Waals surface area contributed by atoms with E-state index in [2.05, 4.69) is 132 Å². The number of benzene rings is 2. The van der Waals surface area contributed by atoms with Crippen LogP contribution in [0.3, 0.4) is 0 Å². The summed E-state index contributed by atoms with van der Waals surface area (Å²) in [6.07, 6.45) is 12.3. The molecular formula is C86H84N8O9. The number of aryl methyl sites for hydroxylation is 6. The molecule has 8 aromatic rings. The molecular weight excluding hydrogens is 1290 g/mol. The Labute approximate surface area is 598 Å². The van der Waals surface area contributed by atoms with Crippen molar-refractivity contribution in [2.75, 3.05) is 28.4 Å². The fourth-order valence-corrected chi connectivity index (χ4v) is 16.5. The SMILES string of the molecule is C=Cc1c(C)c2cc3nc(cc4[nH]c(cc5nc(cc1[nH]2)C(C)=C5/C=C1\[C@@H]2c5ccccc5-c5ccccc5[C@H]2C=CC12c1cc5[nH]c(cc6nc(cc7[nH]c(cc(n1)[C@@]2(C)O)c(C=C)c7C)C(C)=C6CCC(=O)OC)c(CCC(=O)OC)c5C)c(C)c4CCC(=O)OC)C(CCC(=O)OC)=C3C.